The van der Waals surface area contributed by atoms with Gasteiger partial charge in [-0.15, -0.1) is 0 Å². The molecule has 0 spiro atoms. The van der Waals surface area contributed by atoms with E-state index >= 15 is 0 Å². The molecule has 106 valence electrons. The maximum atomic E-state index is 12.2. The Labute approximate surface area is 121 Å². The fourth-order valence-electron chi connectivity index (χ4n) is 2.09. The fraction of sp³-hybridized carbons (Fsp3) is 0.286. The van der Waals surface area contributed by atoms with E-state index < -0.39 is 11.9 Å². The molecule has 0 heterocycles. The first-order chi connectivity index (χ1) is 9.51. The van der Waals surface area contributed by atoms with Gasteiger partial charge in [0.1, 0.15) is 5.75 Å². The maximum Gasteiger partial charge on any atom is 0.310 e. The predicted octanol–water partition coefficient (Wildman–Crippen LogP) is 2.11. The van der Waals surface area contributed by atoms with Gasteiger partial charge in [-0.2, -0.15) is 0 Å². The molecule has 1 aromatic rings. The van der Waals surface area contributed by atoms with Crippen molar-refractivity contribution in [1.82, 2.24) is 5.32 Å². The number of ether oxygens (including phenoxy) is 1. The summed E-state index contributed by atoms with van der Waals surface area (Å²) in [6.07, 6.45) is 3.64. The smallest absolute Gasteiger partial charge is 0.310 e. The van der Waals surface area contributed by atoms with Gasteiger partial charge in [-0.25, -0.2) is 0 Å². The number of methoxy groups -OCH3 is 1. The molecule has 1 amide bonds. The molecule has 20 heavy (non-hydrogen) atoms. The highest BCUT2D eigenvalue weighted by atomic mass is 35.5. The van der Waals surface area contributed by atoms with E-state index in [0.717, 1.165) is 0 Å². The van der Waals surface area contributed by atoms with E-state index in [0.29, 0.717) is 22.8 Å². The van der Waals surface area contributed by atoms with Crippen molar-refractivity contribution in [3.05, 3.63) is 40.9 Å². The average Bonchev–Trinajstić information content (AvgIpc) is 2.87. The SMILES string of the molecule is COc1cc(Cl)ccc1C(=O)NC1C=CC(C(=O)O)C1. The average molecular weight is 296 g/mol. The van der Waals surface area contributed by atoms with Crippen LogP contribution in [0.1, 0.15) is 16.8 Å². The second-order valence-electron chi connectivity index (χ2n) is 4.49. The molecule has 0 saturated carbocycles. The molecule has 0 bridgehead atoms. The molecule has 2 rings (SSSR count). The lowest BCUT2D eigenvalue weighted by Crippen LogP contribution is -2.33. The Kier molecular flexibility index (Phi) is 4.29. The zero-order valence-corrected chi connectivity index (χ0v) is 11.6. The summed E-state index contributed by atoms with van der Waals surface area (Å²) in [4.78, 5) is 23.0. The number of benzene rings is 1. The summed E-state index contributed by atoms with van der Waals surface area (Å²) in [5, 5.41) is 12.1. The van der Waals surface area contributed by atoms with Crippen LogP contribution in [0.2, 0.25) is 5.02 Å². The molecule has 0 radical (unpaired) electrons. The van der Waals surface area contributed by atoms with Gasteiger partial charge in [0.25, 0.3) is 5.91 Å². The first-order valence-corrected chi connectivity index (χ1v) is 6.44. The number of nitrogens with one attached hydrogen (secondary N) is 1. The molecule has 6 heteroatoms. The van der Waals surface area contributed by atoms with E-state index in [1.807, 2.05) is 0 Å². The van der Waals surface area contributed by atoms with E-state index in [2.05, 4.69) is 5.32 Å². The normalized spacial score (nSPS) is 20.7. The van der Waals surface area contributed by atoms with Crippen molar-refractivity contribution in [3.63, 3.8) is 0 Å². The second-order valence-corrected chi connectivity index (χ2v) is 4.93. The standard InChI is InChI=1S/C14H14ClNO4/c1-20-12-7-9(15)3-5-11(12)13(17)16-10-4-2-8(6-10)14(18)19/h2-5,7-8,10H,6H2,1H3,(H,16,17)(H,18,19). The van der Waals surface area contributed by atoms with Crippen LogP contribution in [-0.2, 0) is 4.79 Å². The molecule has 0 fully saturated rings. The van der Waals surface area contributed by atoms with Gasteiger partial charge < -0.3 is 15.2 Å². The molecular weight excluding hydrogens is 282 g/mol. The minimum atomic E-state index is -0.887. The molecule has 0 saturated heterocycles. The minimum Gasteiger partial charge on any atom is -0.496 e. The highest BCUT2D eigenvalue weighted by Crippen LogP contribution is 2.24. The molecule has 1 aliphatic rings. The Balaban J connectivity index is 2.07. The van der Waals surface area contributed by atoms with E-state index in [9.17, 15) is 9.59 Å². The van der Waals surface area contributed by atoms with Gasteiger partial charge in [0.05, 0.1) is 18.6 Å². The summed E-state index contributed by atoms with van der Waals surface area (Å²) >= 11 is 5.84. The summed E-state index contributed by atoms with van der Waals surface area (Å²) in [5.74, 6) is -1.37. The van der Waals surface area contributed by atoms with Crippen LogP contribution in [0.5, 0.6) is 5.75 Å². The number of hydrogen-bond acceptors (Lipinski definition) is 3. The number of amides is 1. The Morgan fingerprint density at radius 3 is 2.75 bits per heavy atom. The minimum absolute atomic E-state index is 0.288. The van der Waals surface area contributed by atoms with Gasteiger partial charge in [0, 0.05) is 11.1 Å². The number of aliphatic carboxylic acids is 1. The Morgan fingerprint density at radius 1 is 1.40 bits per heavy atom. The number of rotatable bonds is 4. The first-order valence-electron chi connectivity index (χ1n) is 6.07. The molecule has 2 unspecified atom stereocenters. The quantitative estimate of drug-likeness (QED) is 0.834. The van der Waals surface area contributed by atoms with E-state index in [1.54, 1.807) is 30.4 Å². The van der Waals surface area contributed by atoms with Crippen LogP contribution in [0.15, 0.2) is 30.4 Å². The lowest BCUT2D eigenvalue weighted by atomic mass is 10.1. The summed E-state index contributed by atoms with van der Waals surface area (Å²) in [6, 6.07) is 4.44. The molecule has 1 aliphatic carbocycles. The lowest BCUT2D eigenvalue weighted by Gasteiger charge is -2.14. The van der Waals surface area contributed by atoms with E-state index in [1.165, 1.54) is 7.11 Å². The third-order valence-electron chi connectivity index (χ3n) is 3.13. The number of carboxylic acids is 1. The van der Waals surface area contributed by atoms with Crippen LogP contribution in [0.3, 0.4) is 0 Å². The van der Waals surface area contributed by atoms with Gasteiger partial charge >= 0.3 is 5.97 Å². The van der Waals surface area contributed by atoms with E-state index in [4.69, 9.17) is 21.4 Å². The molecular formula is C14H14ClNO4. The maximum absolute atomic E-state index is 12.2. The van der Waals surface area contributed by atoms with E-state index in [-0.39, 0.29) is 11.9 Å². The van der Waals surface area contributed by atoms with Crippen LogP contribution in [0, 0.1) is 5.92 Å². The number of carbonyl (C=O) groups is 2. The van der Waals surface area contributed by atoms with Crippen LogP contribution >= 0.6 is 11.6 Å². The van der Waals surface area contributed by atoms with Crippen LogP contribution in [-0.4, -0.2) is 30.1 Å². The number of hydrogen-bond donors (Lipinski definition) is 2. The summed E-state index contributed by atoms with van der Waals surface area (Å²) < 4.78 is 5.11. The Morgan fingerprint density at radius 2 is 2.15 bits per heavy atom. The van der Waals surface area contributed by atoms with Crippen molar-refractivity contribution in [2.24, 2.45) is 5.92 Å². The molecule has 0 aliphatic heterocycles. The van der Waals surface area contributed by atoms with Crippen molar-refractivity contribution in [2.75, 3.05) is 7.11 Å². The van der Waals surface area contributed by atoms with Crippen molar-refractivity contribution < 1.29 is 19.4 Å². The third-order valence-corrected chi connectivity index (χ3v) is 3.36. The zero-order chi connectivity index (χ0) is 14.7. The molecule has 0 aromatic heterocycles. The van der Waals surface area contributed by atoms with Crippen LogP contribution in [0.25, 0.3) is 0 Å². The summed E-state index contributed by atoms with van der Waals surface area (Å²) in [5.41, 5.74) is 0.365. The molecule has 5 nitrogen and oxygen atoms in total. The van der Waals surface area contributed by atoms with Crippen molar-refractivity contribution >= 4 is 23.5 Å². The highest BCUT2D eigenvalue weighted by molar-refractivity contribution is 6.30. The van der Waals surface area contributed by atoms with Crippen LogP contribution < -0.4 is 10.1 Å². The van der Waals surface area contributed by atoms with Gasteiger partial charge in [-0.1, -0.05) is 23.8 Å². The predicted molar refractivity (Wildman–Crippen MR) is 74.1 cm³/mol. The van der Waals surface area contributed by atoms with Crippen LogP contribution in [0.4, 0.5) is 0 Å². The fourth-order valence-corrected chi connectivity index (χ4v) is 2.25. The third kappa shape index (κ3) is 3.11. The molecule has 1 aromatic carbocycles. The number of carbonyl (C=O) groups excluding carboxylic acids is 1. The van der Waals surface area contributed by atoms with Crippen molar-refractivity contribution in [3.8, 4) is 5.75 Å². The first kappa shape index (κ1) is 14.4. The molecule has 2 atom stereocenters. The Bertz CT molecular complexity index is 570. The Hall–Kier alpha value is -2.01. The number of halogens is 1. The lowest BCUT2D eigenvalue weighted by molar-refractivity contribution is -0.140. The largest absolute Gasteiger partial charge is 0.496 e. The van der Waals surface area contributed by atoms with Gasteiger partial charge in [-0.05, 0) is 24.6 Å². The topological polar surface area (TPSA) is 75.6 Å². The summed E-state index contributed by atoms with van der Waals surface area (Å²) in [7, 11) is 1.46. The number of carboxylic acid groups (broad SMARTS) is 1. The zero-order valence-electron chi connectivity index (χ0n) is 10.8. The summed E-state index contributed by atoms with van der Waals surface area (Å²) in [6.45, 7) is 0. The van der Waals surface area contributed by atoms with Gasteiger partial charge in [0.2, 0.25) is 0 Å². The highest BCUT2D eigenvalue weighted by Gasteiger charge is 2.26. The molecule has 2 N–H and O–H groups in total. The van der Waals surface area contributed by atoms with Crippen molar-refractivity contribution in [1.29, 1.82) is 0 Å². The monoisotopic (exact) mass is 295 g/mol. The second kappa shape index (κ2) is 5.96. The van der Waals surface area contributed by atoms with Gasteiger partial charge in [0.15, 0.2) is 0 Å². The van der Waals surface area contributed by atoms with Crippen molar-refractivity contribution in [2.45, 2.75) is 12.5 Å². The van der Waals surface area contributed by atoms with Gasteiger partial charge in [-0.3, -0.25) is 9.59 Å².